The Morgan fingerprint density at radius 1 is 1.38 bits per heavy atom. The number of fused-ring (bicyclic) bond motifs is 1. The number of aromatic amines is 1. The second-order valence-corrected chi connectivity index (χ2v) is 5.09. The molecule has 1 aromatic carbocycles. The van der Waals surface area contributed by atoms with Gasteiger partial charge in [0, 0.05) is 31.1 Å². The zero-order valence-corrected chi connectivity index (χ0v) is 14.0. The van der Waals surface area contributed by atoms with Crippen LogP contribution in [-0.4, -0.2) is 48.0 Å². The molecule has 0 aliphatic rings. The fourth-order valence-electron chi connectivity index (χ4n) is 1.96. The van der Waals surface area contributed by atoms with Gasteiger partial charge in [0.25, 0.3) is 0 Å². The summed E-state index contributed by atoms with van der Waals surface area (Å²) in [4.78, 5) is 24.0. The number of hydrogen-bond acceptors (Lipinski definition) is 5. The van der Waals surface area contributed by atoms with Crippen LogP contribution >= 0.6 is 0 Å². The number of carbonyl (C=O) groups is 1. The van der Waals surface area contributed by atoms with Crippen molar-refractivity contribution in [2.75, 3.05) is 25.0 Å². The van der Waals surface area contributed by atoms with Gasteiger partial charge in [0.2, 0.25) is 0 Å². The molecule has 1 atom stereocenters. The Morgan fingerprint density at radius 2 is 2.00 bits per heavy atom. The zero-order chi connectivity index (χ0) is 19.7. The van der Waals surface area contributed by atoms with Gasteiger partial charge in [0.15, 0.2) is 5.43 Å². The fraction of sp³-hybridized carbons (Fsp3) is 0.375. The lowest BCUT2D eigenvalue weighted by Gasteiger charge is -2.16. The number of halogens is 3. The molecule has 0 fully saturated rings. The van der Waals surface area contributed by atoms with Crippen molar-refractivity contribution in [2.24, 2.45) is 5.73 Å². The Hall–Kier alpha value is -2.59. The van der Waals surface area contributed by atoms with Gasteiger partial charge in [-0.05, 0) is 19.1 Å². The van der Waals surface area contributed by atoms with Crippen molar-refractivity contribution in [2.45, 2.75) is 19.2 Å². The second kappa shape index (κ2) is 9.78. The molecule has 0 aliphatic heterocycles. The summed E-state index contributed by atoms with van der Waals surface area (Å²) in [5.41, 5.74) is 6.42. The van der Waals surface area contributed by atoms with E-state index in [9.17, 15) is 18.0 Å². The molecule has 26 heavy (non-hydrogen) atoms. The van der Waals surface area contributed by atoms with Crippen LogP contribution in [0, 0.1) is 0 Å². The second-order valence-electron chi connectivity index (χ2n) is 5.09. The third kappa shape index (κ3) is 6.73. The molecular weight excluding hydrogens is 355 g/mol. The number of benzene rings is 1. The van der Waals surface area contributed by atoms with Crippen LogP contribution in [0.1, 0.15) is 6.92 Å². The van der Waals surface area contributed by atoms with E-state index in [1.54, 1.807) is 12.1 Å². The molecule has 0 radical (unpaired) electrons. The summed E-state index contributed by atoms with van der Waals surface area (Å²) in [6, 6.07) is 8.99. The molecule has 0 aliphatic carbocycles. The molecule has 0 amide bonds. The molecule has 144 valence electrons. The summed E-state index contributed by atoms with van der Waals surface area (Å²) in [5.74, 6) is -2.07. The monoisotopic (exact) mass is 375 g/mol. The number of pyridine rings is 1. The number of para-hydroxylation sites is 1. The Bertz CT molecular complexity index is 777. The molecule has 7 nitrogen and oxygen atoms in total. The van der Waals surface area contributed by atoms with Crippen molar-refractivity contribution in [3.63, 3.8) is 0 Å². The first-order chi connectivity index (χ1) is 12.2. The predicted octanol–water partition coefficient (Wildman–Crippen LogP) is 1.94. The maximum Gasteiger partial charge on any atom is 0.490 e. The van der Waals surface area contributed by atoms with Crippen LogP contribution in [-0.2, 0) is 9.53 Å². The number of aliphatic carboxylic acids is 1. The molecule has 0 saturated carbocycles. The predicted molar refractivity (Wildman–Crippen MR) is 91.2 cm³/mol. The van der Waals surface area contributed by atoms with Gasteiger partial charge in [0.1, 0.15) is 5.82 Å². The quantitative estimate of drug-likeness (QED) is 0.613. The topological polar surface area (TPSA) is 117 Å². The van der Waals surface area contributed by atoms with E-state index in [0.29, 0.717) is 30.9 Å². The molecule has 1 heterocycles. The molecule has 2 aromatic rings. The lowest BCUT2D eigenvalue weighted by molar-refractivity contribution is -0.192. The van der Waals surface area contributed by atoms with E-state index in [2.05, 4.69) is 10.3 Å². The first-order valence-corrected chi connectivity index (χ1v) is 7.66. The van der Waals surface area contributed by atoms with Crippen molar-refractivity contribution in [3.05, 3.63) is 40.6 Å². The van der Waals surface area contributed by atoms with E-state index in [-0.39, 0.29) is 11.5 Å². The van der Waals surface area contributed by atoms with Gasteiger partial charge in [-0.2, -0.15) is 13.2 Å². The summed E-state index contributed by atoms with van der Waals surface area (Å²) in [6.45, 7) is 3.57. The molecule has 10 heteroatoms. The Morgan fingerprint density at radius 3 is 2.54 bits per heavy atom. The van der Waals surface area contributed by atoms with E-state index >= 15 is 0 Å². The summed E-state index contributed by atoms with van der Waals surface area (Å²) in [7, 11) is 0. The third-order valence-electron chi connectivity index (χ3n) is 3.17. The standard InChI is InChI=1S/C14H19N3O2.C2HF3O2/c1-2-19-10(8-15)9-16-14-7-13(18)11-5-3-4-6-12(11)17-14;3-2(4,5)1(6)7/h3-7,10H,2,8-9,15H2,1H3,(H2,16,17,18);(H,6,7). The van der Waals surface area contributed by atoms with E-state index in [1.807, 2.05) is 25.1 Å². The Balaban J connectivity index is 0.000000412. The fourth-order valence-corrected chi connectivity index (χ4v) is 1.96. The van der Waals surface area contributed by atoms with Gasteiger partial charge >= 0.3 is 12.1 Å². The highest BCUT2D eigenvalue weighted by atomic mass is 19.4. The maximum atomic E-state index is 11.9. The highest BCUT2D eigenvalue weighted by molar-refractivity contribution is 5.79. The number of nitrogens with one attached hydrogen (secondary N) is 2. The first kappa shape index (κ1) is 21.5. The van der Waals surface area contributed by atoms with Crippen molar-refractivity contribution in [1.82, 2.24) is 4.98 Å². The number of hydrogen-bond donors (Lipinski definition) is 4. The number of H-pyrrole nitrogens is 1. The number of ether oxygens (including phenoxy) is 1. The third-order valence-corrected chi connectivity index (χ3v) is 3.17. The average Bonchev–Trinajstić information content (AvgIpc) is 2.58. The minimum atomic E-state index is -5.08. The number of nitrogens with two attached hydrogens (primary N) is 1. The number of aromatic nitrogens is 1. The zero-order valence-electron chi connectivity index (χ0n) is 14.0. The molecule has 0 spiro atoms. The normalized spacial score (nSPS) is 12.2. The van der Waals surface area contributed by atoms with Gasteiger partial charge in [-0.25, -0.2) is 4.79 Å². The lowest BCUT2D eigenvalue weighted by Crippen LogP contribution is -2.31. The molecule has 1 aromatic heterocycles. The van der Waals surface area contributed by atoms with E-state index in [1.165, 1.54) is 0 Å². The minimum absolute atomic E-state index is 0.00226. The van der Waals surface area contributed by atoms with Crippen LogP contribution in [0.5, 0.6) is 0 Å². The lowest BCUT2D eigenvalue weighted by atomic mass is 10.2. The minimum Gasteiger partial charge on any atom is -0.475 e. The van der Waals surface area contributed by atoms with Crippen molar-refractivity contribution < 1.29 is 27.8 Å². The van der Waals surface area contributed by atoms with Crippen LogP contribution in [0.2, 0.25) is 0 Å². The number of carboxylic acid groups (broad SMARTS) is 1. The maximum absolute atomic E-state index is 11.9. The Labute approximate surface area is 147 Å². The molecular formula is C16H20F3N3O4. The summed E-state index contributed by atoms with van der Waals surface area (Å²) < 4.78 is 37.2. The number of rotatable bonds is 6. The SMILES string of the molecule is CCOC(CN)CNc1cc(=O)c2ccccc2[nH]1.O=C(O)C(F)(F)F. The van der Waals surface area contributed by atoms with Crippen molar-refractivity contribution in [1.29, 1.82) is 0 Å². The largest absolute Gasteiger partial charge is 0.490 e. The van der Waals surface area contributed by atoms with Gasteiger partial charge in [-0.15, -0.1) is 0 Å². The van der Waals surface area contributed by atoms with E-state index in [4.69, 9.17) is 20.4 Å². The Kier molecular flexibility index (Phi) is 8.07. The molecule has 5 N–H and O–H groups in total. The van der Waals surface area contributed by atoms with Gasteiger partial charge in [0.05, 0.1) is 11.6 Å². The van der Waals surface area contributed by atoms with Crippen LogP contribution in [0.4, 0.5) is 19.0 Å². The van der Waals surface area contributed by atoms with Gasteiger partial charge in [-0.1, -0.05) is 12.1 Å². The highest BCUT2D eigenvalue weighted by Gasteiger charge is 2.38. The summed E-state index contributed by atoms with van der Waals surface area (Å²) in [5, 5.41) is 11.0. The summed E-state index contributed by atoms with van der Waals surface area (Å²) in [6.07, 6.45) is -5.14. The molecule has 0 bridgehead atoms. The van der Waals surface area contributed by atoms with Gasteiger partial charge in [-0.3, -0.25) is 4.79 Å². The van der Waals surface area contributed by atoms with Gasteiger partial charge < -0.3 is 25.9 Å². The van der Waals surface area contributed by atoms with Crippen LogP contribution in [0.25, 0.3) is 10.9 Å². The number of alkyl halides is 3. The molecule has 0 saturated heterocycles. The average molecular weight is 375 g/mol. The number of carboxylic acids is 1. The van der Waals surface area contributed by atoms with Crippen LogP contribution < -0.4 is 16.5 Å². The van der Waals surface area contributed by atoms with Crippen LogP contribution in [0.15, 0.2) is 35.1 Å². The smallest absolute Gasteiger partial charge is 0.475 e. The number of anilines is 1. The molecule has 2 rings (SSSR count). The van der Waals surface area contributed by atoms with Crippen LogP contribution in [0.3, 0.4) is 0 Å². The van der Waals surface area contributed by atoms with Crippen molar-refractivity contribution >= 4 is 22.7 Å². The van der Waals surface area contributed by atoms with E-state index < -0.39 is 12.1 Å². The summed E-state index contributed by atoms with van der Waals surface area (Å²) >= 11 is 0. The van der Waals surface area contributed by atoms with E-state index in [0.717, 1.165) is 5.52 Å². The highest BCUT2D eigenvalue weighted by Crippen LogP contribution is 2.13. The molecule has 1 unspecified atom stereocenters. The van der Waals surface area contributed by atoms with Crippen molar-refractivity contribution in [3.8, 4) is 0 Å². The first-order valence-electron chi connectivity index (χ1n) is 7.66.